The van der Waals surface area contributed by atoms with Gasteiger partial charge in [0.25, 0.3) is 0 Å². The first kappa shape index (κ1) is 19.0. The van der Waals surface area contributed by atoms with Gasteiger partial charge >= 0.3 is 12.2 Å². The first-order valence-corrected chi connectivity index (χ1v) is 9.56. The minimum atomic E-state index is -0.459. The molecule has 0 saturated carbocycles. The summed E-state index contributed by atoms with van der Waals surface area (Å²) in [5.41, 5.74) is 1.87. The van der Waals surface area contributed by atoms with Gasteiger partial charge in [-0.1, -0.05) is 30.3 Å². The monoisotopic (exact) mass is 399 g/mol. The van der Waals surface area contributed by atoms with E-state index >= 15 is 0 Å². The van der Waals surface area contributed by atoms with E-state index in [0.29, 0.717) is 50.7 Å². The number of amides is 2. The summed E-state index contributed by atoms with van der Waals surface area (Å²) in [4.78, 5) is 28.8. The Labute approximate surface area is 168 Å². The molecule has 2 aliphatic heterocycles. The number of halogens is 1. The molecular weight excluding hydrogens is 377 g/mol. The molecule has 7 nitrogen and oxygen atoms in total. The second-order valence-corrected chi connectivity index (χ2v) is 6.92. The van der Waals surface area contributed by atoms with Crippen LogP contribution in [0.25, 0.3) is 0 Å². The van der Waals surface area contributed by atoms with Gasteiger partial charge in [0.05, 0.1) is 17.9 Å². The van der Waals surface area contributed by atoms with Crippen LogP contribution < -0.4 is 9.80 Å². The molecule has 0 spiro atoms. The first-order chi connectivity index (χ1) is 14.1. The minimum Gasteiger partial charge on any atom is -0.447 e. The fourth-order valence-corrected chi connectivity index (χ4v) is 3.49. The largest absolute Gasteiger partial charge is 0.447 e. The number of anilines is 2. The molecule has 4 rings (SSSR count). The first-order valence-electron chi connectivity index (χ1n) is 9.56. The zero-order valence-electron chi connectivity index (χ0n) is 15.9. The fraction of sp³-hybridized carbons (Fsp3) is 0.333. The number of hydrogen-bond donors (Lipinski definition) is 0. The molecule has 2 amide bonds. The van der Waals surface area contributed by atoms with Gasteiger partial charge in [0.1, 0.15) is 19.0 Å². The van der Waals surface area contributed by atoms with E-state index in [2.05, 4.69) is 0 Å². The van der Waals surface area contributed by atoms with E-state index in [-0.39, 0.29) is 12.7 Å². The van der Waals surface area contributed by atoms with Gasteiger partial charge in [-0.25, -0.2) is 14.0 Å². The van der Waals surface area contributed by atoms with Gasteiger partial charge in [-0.2, -0.15) is 0 Å². The molecular formula is C21H22FN3O4. The predicted molar refractivity (Wildman–Crippen MR) is 106 cm³/mol. The summed E-state index contributed by atoms with van der Waals surface area (Å²) in [5.74, 6) is -0.401. The number of rotatable bonds is 4. The summed E-state index contributed by atoms with van der Waals surface area (Å²) in [6.07, 6.45) is -0.823. The van der Waals surface area contributed by atoms with Crippen LogP contribution in [0.4, 0.5) is 25.4 Å². The maximum absolute atomic E-state index is 14.7. The zero-order chi connectivity index (χ0) is 20.2. The van der Waals surface area contributed by atoms with Crippen molar-refractivity contribution in [2.45, 2.75) is 6.61 Å². The summed E-state index contributed by atoms with van der Waals surface area (Å²) >= 11 is 0. The smallest absolute Gasteiger partial charge is 0.414 e. The molecule has 2 heterocycles. The van der Waals surface area contributed by atoms with E-state index < -0.39 is 11.9 Å². The van der Waals surface area contributed by atoms with Crippen molar-refractivity contribution in [1.82, 2.24) is 4.90 Å². The maximum Gasteiger partial charge on any atom is 0.414 e. The number of carbonyl (C=O) groups excluding carboxylic acids is 2. The Kier molecular flexibility index (Phi) is 5.50. The molecule has 8 heteroatoms. The van der Waals surface area contributed by atoms with Crippen LogP contribution in [0.1, 0.15) is 5.56 Å². The lowest BCUT2D eigenvalue weighted by Crippen LogP contribution is -2.49. The standard InChI is InChI=1S/C21H22FN3O4/c22-18-14-17(25-12-13-28-21(25)27)6-7-19(18)23-8-10-24(11-9-23)20(26)29-15-16-4-2-1-3-5-16/h1-7,14H,8-13,15H2. The topological polar surface area (TPSA) is 62.3 Å². The molecule has 2 aliphatic rings. The van der Waals surface area contributed by atoms with E-state index in [0.717, 1.165) is 5.56 Å². The minimum absolute atomic E-state index is 0.231. The molecule has 0 bridgehead atoms. The third kappa shape index (κ3) is 4.26. The van der Waals surface area contributed by atoms with Crippen LogP contribution in [-0.2, 0) is 16.1 Å². The molecule has 0 N–H and O–H groups in total. The number of ether oxygens (including phenoxy) is 2. The number of benzene rings is 2. The number of carbonyl (C=O) groups is 2. The Hall–Kier alpha value is -3.29. The summed E-state index contributed by atoms with van der Waals surface area (Å²) in [7, 11) is 0. The van der Waals surface area contributed by atoms with Crippen LogP contribution in [0.15, 0.2) is 48.5 Å². The number of nitrogens with zero attached hydrogens (tertiary/aromatic N) is 3. The van der Waals surface area contributed by atoms with Crippen molar-refractivity contribution < 1.29 is 23.5 Å². The molecule has 2 fully saturated rings. The summed E-state index contributed by atoms with van der Waals surface area (Å²) in [6, 6.07) is 14.2. The average molecular weight is 399 g/mol. The van der Waals surface area contributed by atoms with Crippen molar-refractivity contribution in [3.05, 3.63) is 59.9 Å². The highest BCUT2D eigenvalue weighted by molar-refractivity contribution is 5.89. The Morgan fingerprint density at radius 1 is 1.03 bits per heavy atom. The number of hydrogen-bond acceptors (Lipinski definition) is 5. The summed E-state index contributed by atoms with van der Waals surface area (Å²) in [6.45, 7) is 2.87. The van der Waals surface area contributed by atoms with Gasteiger partial charge in [0.15, 0.2) is 0 Å². The average Bonchev–Trinajstić information content (AvgIpc) is 3.19. The van der Waals surface area contributed by atoms with Crippen LogP contribution in [0.3, 0.4) is 0 Å². The number of cyclic esters (lactones) is 1. The highest BCUT2D eigenvalue weighted by Crippen LogP contribution is 2.27. The van der Waals surface area contributed by atoms with Crippen molar-refractivity contribution in [2.75, 3.05) is 49.1 Å². The predicted octanol–water partition coefficient (Wildman–Crippen LogP) is 3.24. The van der Waals surface area contributed by atoms with Gasteiger partial charge in [0.2, 0.25) is 0 Å². The Bertz CT molecular complexity index is 885. The molecule has 2 saturated heterocycles. The van der Waals surface area contributed by atoms with Crippen LogP contribution in [0, 0.1) is 5.82 Å². The molecule has 0 atom stereocenters. The van der Waals surface area contributed by atoms with Gasteiger partial charge in [-0.3, -0.25) is 4.90 Å². The second-order valence-electron chi connectivity index (χ2n) is 6.92. The van der Waals surface area contributed by atoms with E-state index in [1.165, 1.54) is 11.0 Å². The van der Waals surface area contributed by atoms with Crippen LogP contribution in [0.5, 0.6) is 0 Å². The lowest BCUT2D eigenvalue weighted by molar-refractivity contribution is 0.0941. The van der Waals surface area contributed by atoms with Gasteiger partial charge in [0, 0.05) is 26.2 Å². The zero-order valence-corrected chi connectivity index (χ0v) is 15.9. The third-order valence-electron chi connectivity index (χ3n) is 5.09. The molecule has 2 aromatic rings. The molecule has 2 aromatic carbocycles. The Morgan fingerprint density at radius 2 is 1.79 bits per heavy atom. The van der Waals surface area contributed by atoms with Crippen molar-refractivity contribution in [3.8, 4) is 0 Å². The van der Waals surface area contributed by atoms with Gasteiger partial charge in [-0.15, -0.1) is 0 Å². The van der Waals surface area contributed by atoms with E-state index in [4.69, 9.17) is 9.47 Å². The highest BCUT2D eigenvalue weighted by Gasteiger charge is 2.27. The van der Waals surface area contributed by atoms with Crippen molar-refractivity contribution in [2.24, 2.45) is 0 Å². The van der Waals surface area contributed by atoms with Gasteiger partial charge < -0.3 is 19.3 Å². The lowest BCUT2D eigenvalue weighted by atomic mass is 10.2. The van der Waals surface area contributed by atoms with Crippen molar-refractivity contribution >= 4 is 23.6 Å². The summed E-state index contributed by atoms with van der Waals surface area (Å²) in [5, 5.41) is 0. The number of piperazine rings is 1. The van der Waals surface area contributed by atoms with Crippen LogP contribution in [-0.4, -0.2) is 56.4 Å². The van der Waals surface area contributed by atoms with Crippen LogP contribution >= 0.6 is 0 Å². The van der Waals surface area contributed by atoms with Crippen molar-refractivity contribution in [1.29, 1.82) is 0 Å². The normalized spacial score (nSPS) is 16.7. The van der Waals surface area contributed by atoms with E-state index in [1.807, 2.05) is 35.2 Å². The fourth-order valence-electron chi connectivity index (χ4n) is 3.49. The molecule has 0 aliphatic carbocycles. The maximum atomic E-state index is 14.7. The Morgan fingerprint density at radius 3 is 2.45 bits per heavy atom. The van der Waals surface area contributed by atoms with Crippen LogP contribution in [0.2, 0.25) is 0 Å². The molecule has 152 valence electrons. The molecule has 29 heavy (non-hydrogen) atoms. The molecule has 0 aromatic heterocycles. The highest BCUT2D eigenvalue weighted by atomic mass is 19.1. The lowest BCUT2D eigenvalue weighted by Gasteiger charge is -2.35. The molecule has 0 unspecified atom stereocenters. The SMILES string of the molecule is O=C(OCc1ccccc1)N1CCN(c2ccc(N3CCOC3=O)cc2F)CC1. The molecule has 0 radical (unpaired) electrons. The Balaban J connectivity index is 1.32. The van der Waals surface area contributed by atoms with E-state index in [9.17, 15) is 14.0 Å². The summed E-state index contributed by atoms with van der Waals surface area (Å²) < 4.78 is 24.9. The van der Waals surface area contributed by atoms with Gasteiger partial charge in [-0.05, 0) is 23.8 Å². The quantitative estimate of drug-likeness (QED) is 0.790. The van der Waals surface area contributed by atoms with E-state index in [1.54, 1.807) is 17.0 Å². The third-order valence-corrected chi connectivity index (χ3v) is 5.09. The van der Waals surface area contributed by atoms with Crippen molar-refractivity contribution in [3.63, 3.8) is 0 Å². The second kappa shape index (κ2) is 8.38.